The number of aryl methyl sites for hydroxylation is 1. The van der Waals surface area contributed by atoms with E-state index in [1.807, 2.05) is 24.3 Å². The van der Waals surface area contributed by atoms with Crippen LogP contribution < -0.4 is 11.1 Å². The standard InChI is InChI=1S/C15H22N2O2S/c1-12(18)20-11-14-5-3-13(4-6-14)7-8-15(19)17-10-2-9-16/h3-6H,2,7-11,16H2,1H3,(H,17,19). The normalized spacial score (nSPS) is 10.3. The SMILES string of the molecule is CC(=O)SCc1ccc(CCC(=O)NCCCN)cc1. The second-order valence-electron chi connectivity index (χ2n) is 4.59. The molecule has 3 N–H and O–H groups in total. The molecule has 0 aliphatic rings. The topological polar surface area (TPSA) is 72.2 Å². The Labute approximate surface area is 124 Å². The molecule has 1 rings (SSSR count). The molecule has 0 heterocycles. The first kappa shape index (κ1) is 16.7. The quantitative estimate of drug-likeness (QED) is 0.718. The monoisotopic (exact) mass is 294 g/mol. The van der Waals surface area contributed by atoms with E-state index in [9.17, 15) is 9.59 Å². The summed E-state index contributed by atoms with van der Waals surface area (Å²) < 4.78 is 0. The van der Waals surface area contributed by atoms with Gasteiger partial charge in [0.05, 0.1) is 0 Å². The zero-order valence-corrected chi connectivity index (χ0v) is 12.7. The van der Waals surface area contributed by atoms with Gasteiger partial charge in [-0.05, 0) is 30.5 Å². The number of hydrogen-bond acceptors (Lipinski definition) is 4. The lowest BCUT2D eigenvalue weighted by molar-refractivity contribution is -0.121. The molecule has 0 aromatic heterocycles. The Morgan fingerprint density at radius 3 is 2.45 bits per heavy atom. The Morgan fingerprint density at radius 1 is 1.20 bits per heavy atom. The van der Waals surface area contributed by atoms with Crippen LogP contribution in [0.1, 0.15) is 30.9 Å². The van der Waals surface area contributed by atoms with E-state index in [1.165, 1.54) is 11.8 Å². The van der Waals surface area contributed by atoms with E-state index in [2.05, 4.69) is 5.32 Å². The highest BCUT2D eigenvalue weighted by atomic mass is 32.2. The van der Waals surface area contributed by atoms with Crippen LogP contribution in [0.15, 0.2) is 24.3 Å². The third kappa shape index (κ3) is 7.31. The summed E-state index contributed by atoms with van der Waals surface area (Å²) >= 11 is 1.31. The van der Waals surface area contributed by atoms with E-state index >= 15 is 0 Å². The fraction of sp³-hybridized carbons (Fsp3) is 0.467. The second kappa shape index (κ2) is 9.55. The van der Waals surface area contributed by atoms with Gasteiger partial charge in [0.1, 0.15) is 0 Å². The van der Waals surface area contributed by atoms with Gasteiger partial charge in [0.25, 0.3) is 0 Å². The predicted octanol–water partition coefficient (Wildman–Crippen LogP) is 1.86. The highest BCUT2D eigenvalue weighted by Crippen LogP contribution is 2.14. The van der Waals surface area contributed by atoms with Gasteiger partial charge in [-0.15, -0.1) is 0 Å². The second-order valence-corrected chi connectivity index (χ2v) is 5.74. The average molecular weight is 294 g/mol. The maximum Gasteiger partial charge on any atom is 0.220 e. The minimum absolute atomic E-state index is 0.0645. The van der Waals surface area contributed by atoms with Gasteiger partial charge < -0.3 is 11.1 Å². The van der Waals surface area contributed by atoms with Crippen LogP contribution in [0.2, 0.25) is 0 Å². The highest BCUT2D eigenvalue weighted by Gasteiger charge is 2.02. The number of nitrogens with two attached hydrogens (primary N) is 1. The number of rotatable bonds is 8. The Morgan fingerprint density at radius 2 is 1.85 bits per heavy atom. The molecule has 0 aliphatic carbocycles. The van der Waals surface area contributed by atoms with Gasteiger partial charge in [0, 0.05) is 25.6 Å². The summed E-state index contributed by atoms with van der Waals surface area (Å²) in [5.74, 6) is 0.768. The number of carbonyl (C=O) groups excluding carboxylic acids is 2. The third-order valence-corrected chi connectivity index (χ3v) is 3.69. The van der Waals surface area contributed by atoms with E-state index in [0.717, 1.165) is 24.0 Å². The lowest BCUT2D eigenvalue weighted by atomic mass is 10.1. The van der Waals surface area contributed by atoms with E-state index in [0.29, 0.717) is 25.3 Å². The molecule has 0 aliphatic heterocycles. The number of benzene rings is 1. The molecule has 0 saturated carbocycles. The van der Waals surface area contributed by atoms with E-state index in [-0.39, 0.29) is 11.0 Å². The number of thioether (sulfide) groups is 1. The summed E-state index contributed by atoms with van der Waals surface area (Å²) in [5.41, 5.74) is 7.62. The molecule has 0 saturated heterocycles. The van der Waals surface area contributed by atoms with Gasteiger partial charge in [-0.3, -0.25) is 9.59 Å². The van der Waals surface area contributed by atoms with Crippen molar-refractivity contribution in [1.82, 2.24) is 5.32 Å². The van der Waals surface area contributed by atoms with E-state index < -0.39 is 0 Å². The number of amides is 1. The third-order valence-electron chi connectivity index (χ3n) is 2.81. The Bertz CT molecular complexity index is 432. The van der Waals surface area contributed by atoms with Gasteiger partial charge in [0.2, 0.25) is 5.91 Å². The Balaban J connectivity index is 2.30. The maximum atomic E-state index is 11.5. The van der Waals surface area contributed by atoms with Crippen molar-refractivity contribution >= 4 is 22.8 Å². The highest BCUT2D eigenvalue weighted by molar-refractivity contribution is 8.12. The van der Waals surface area contributed by atoms with Crippen molar-refractivity contribution in [2.24, 2.45) is 5.73 Å². The minimum Gasteiger partial charge on any atom is -0.356 e. The van der Waals surface area contributed by atoms with Crippen LogP contribution in [0.3, 0.4) is 0 Å². The van der Waals surface area contributed by atoms with Crippen molar-refractivity contribution in [3.63, 3.8) is 0 Å². The van der Waals surface area contributed by atoms with E-state index in [4.69, 9.17) is 5.73 Å². The van der Waals surface area contributed by atoms with Crippen molar-refractivity contribution in [2.45, 2.75) is 31.9 Å². The number of hydrogen-bond donors (Lipinski definition) is 2. The Kier molecular flexibility index (Phi) is 7.99. The summed E-state index contributed by atoms with van der Waals surface area (Å²) in [6.07, 6.45) is 2.04. The molecule has 4 nitrogen and oxygen atoms in total. The minimum atomic E-state index is 0.0645. The van der Waals surface area contributed by atoms with Crippen LogP contribution in [0.4, 0.5) is 0 Å². The molecule has 0 spiro atoms. The molecule has 0 unspecified atom stereocenters. The smallest absolute Gasteiger partial charge is 0.220 e. The lowest BCUT2D eigenvalue weighted by Gasteiger charge is -2.05. The summed E-state index contributed by atoms with van der Waals surface area (Å²) in [6.45, 7) is 2.82. The van der Waals surface area contributed by atoms with Crippen molar-refractivity contribution in [3.8, 4) is 0 Å². The molecular formula is C15H22N2O2S. The maximum absolute atomic E-state index is 11.5. The van der Waals surface area contributed by atoms with Crippen LogP contribution in [-0.4, -0.2) is 24.1 Å². The number of nitrogens with one attached hydrogen (secondary N) is 1. The van der Waals surface area contributed by atoms with Gasteiger partial charge >= 0.3 is 0 Å². The molecule has 1 aromatic rings. The molecule has 0 atom stereocenters. The zero-order valence-electron chi connectivity index (χ0n) is 11.9. The molecule has 0 radical (unpaired) electrons. The summed E-state index contributed by atoms with van der Waals surface area (Å²) in [5, 5.41) is 2.97. The van der Waals surface area contributed by atoms with Crippen LogP contribution in [0.5, 0.6) is 0 Å². The molecule has 1 amide bonds. The molecule has 110 valence electrons. The van der Waals surface area contributed by atoms with Crippen LogP contribution in [-0.2, 0) is 21.8 Å². The molecule has 0 bridgehead atoms. The van der Waals surface area contributed by atoms with Crippen LogP contribution in [0, 0.1) is 0 Å². The van der Waals surface area contributed by atoms with Crippen molar-refractivity contribution in [2.75, 3.05) is 13.1 Å². The first-order valence-corrected chi connectivity index (χ1v) is 7.78. The molecular weight excluding hydrogens is 272 g/mol. The lowest BCUT2D eigenvalue weighted by Crippen LogP contribution is -2.26. The van der Waals surface area contributed by atoms with Crippen molar-refractivity contribution < 1.29 is 9.59 Å². The zero-order chi connectivity index (χ0) is 14.8. The van der Waals surface area contributed by atoms with Gasteiger partial charge in [-0.1, -0.05) is 36.0 Å². The van der Waals surface area contributed by atoms with E-state index in [1.54, 1.807) is 6.92 Å². The fourth-order valence-electron chi connectivity index (χ4n) is 1.66. The summed E-state index contributed by atoms with van der Waals surface area (Å²) in [4.78, 5) is 22.4. The van der Waals surface area contributed by atoms with Crippen molar-refractivity contribution in [1.29, 1.82) is 0 Å². The number of carbonyl (C=O) groups is 2. The van der Waals surface area contributed by atoms with Crippen molar-refractivity contribution in [3.05, 3.63) is 35.4 Å². The van der Waals surface area contributed by atoms with Gasteiger partial charge in [-0.2, -0.15) is 0 Å². The van der Waals surface area contributed by atoms with Gasteiger partial charge in [-0.25, -0.2) is 0 Å². The first-order valence-electron chi connectivity index (χ1n) is 6.79. The molecule has 0 fully saturated rings. The molecule has 1 aromatic carbocycles. The predicted molar refractivity (Wildman–Crippen MR) is 83.4 cm³/mol. The van der Waals surface area contributed by atoms with Crippen LogP contribution >= 0.6 is 11.8 Å². The summed E-state index contributed by atoms with van der Waals surface area (Å²) in [6, 6.07) is 8.06. The largest absolute Gasteiger partial charge is 0.356 e. The average Bonchev–Trinajstić information content (AvgIpc) is 2.44. The summed E-state index contributed by atoms with van der Waals surface area (Å²) in [7, 11) is 0. The Hall–Kier alpha value is -1.33. The molecule has 20 heavy (non-hydrogen) atoms. The van der Waals surface area contributed by atoms with Crippen LogP contribution in [0.25, 0.3) is 0 Å². The fourth-order valence-corrected chi connectivity index (χ4v) is 2.23. The first-order chi connectivity index (χ1) is 9.61. The molecule has 5 heteroatoms. The van der Waals surface area contributed by atoms with Gasteiger partial charge in [0.15, 0.2) is 5.12 Å².